The normalized spacial score (nSPS) is 22.3. The van der Waals surface area contributed by atoms with Crippen LogP contribution in [-0.2, 0) is 21.2 Å². The third-order valence-corrected chi connectivity index (χ3v) is 10.1. The molecule has 3 aliphatic rings. The summed E-state index contributed by atoms with van der Waals surface area (Å²) < 4.78 is 43.9. The molecule has 1 aliphatic heterocycles. The minimum Gasteiger partial charge on any atom is -0.360 e. The average molecular weight is 621 g/mol. The molecule has 0 aromatic heterocycles. The molecule has 3 aromatic rings. The lowest BCUT2D eigenvalue weighted by molar-refractivity contribution is -0.119. The monoisotopic (exact) mass is 620 g/mol. The first kappa shape index (κ1) is 32.0. The standard InChI is InChI=1S/C33H36F2N4O2S.C2H6/c1-33(2)14-13-30(37-42(41)25-6-4-5-23(35)17-25)28-18-24(11-12-29(28)33)39(20-31-36-15-16-38(31)3)32(40)27-19-26(27)21-7-9-22(34)10-8-21;1-2/h4-12,17-18,26-27,30,37H,13-16,19-20H2,1-3H3;1-2H3. The fourth-order valence-electron chi connectivity index (χ4n) is 6.25. The third kappa shape index (κ3) is 6.79. The van der Waals surface area contributed by atoms with Gasteiger partial charge in [0.15, 0.2) is 0 Å². The molecule has 0 spiro atoms. The summed E-state index contributed by atoms with van der Waals surface area (Å²) in [6.45, 7) is 10.3. The topological polar surface area (TPSA) is 65.0 Å². The summed E-state index contributed by atoms with van der Waals surface area (Å²) in [5.74, 6) is 0.0401. The molecule has 1 fully saturated rings. The van der Waals surface area contributed by atoms with Crippen molar-refractivity contribution < 1.29 is 17.8 Å². The van der Waals surface area contributed by atoms with E-state index in [4.69, 9.17) is 0 Å². The van der Waals surface area contributed by atoms with Crippen LogP contribution in [0.4, 0.5) is 14.5 Å². The Morgan fingerprint density at radius 3 is 2.50 bits per heavy atom. The van der Waals surface area contributed by atoms with Gasteiger partial charge in [-0.25, -0.2) is 17.7 Å². The van der Waals surface area contributed by atoms with Crippen LogP contribution < -0.4 is 9.62 Å². The maximum atomic E-state index is 14.1. The zero-order valence-corrected chi connectivity index (χ0v) is 27.0. The molecule has 0 bridgehead atoms. The number of amides is 1. The number of benzene rings is 3. The Hall–Kier alpha value is -3.43. The third-order valence-electron chi connectivity index (χ3n) is 8.91. The number of likely N-dealkylation sites (N-methyl/N-ethyl adjacent to an activating group) is 1. The molecule has 1 saturated carbocycles. The molecular formula is C35H42F2N4O2S. The number of aliphatic imine (C=N–C) groups is 1. The van der Waals surface area contributed by atoms with Gasteiger partial charge in [0.1, 0.15) is 28.5 Å². The summed E-state index contributed by atoms with van der Waals surface area (Å²) in [5, 5.41) is 0. The van der Waals surface area contributed by atoms with Crippen LogP contribution in [0.25, 0.3) is 0 Å². The van der Waals surface area contributed by atoms with Crippen LogP contribution in [0, 0.1) is 17.6 Å². The van der Waals surface area contributed by atoms with Crippen molar-refractivity contribution in [3.8, 4) is 0 Å². The molecule has 1 N–H and O–H groups in total. The summed E-state index contributed by atoms with van der Waals surface area (Å²) in [4.78, 5) is 23.1. The van der Waals surface area contributed by atoms with Gasteiger partial charge in [-0.3, -0.25) is 9.79 Å². The lowest BCUT2D eigenvalue weighted by atomic mass is 9.71. The van der Waals surface area contributed by atoms with Gasteiger partial charge in [-0.05, 0) is 89.8 Å². The molecule has 0 radical (unpaired) electrons. The van der Waals surface area contributed by atoms with Crippen molar-refractivity contribution in [3.05, 3.63) is 95.1 Å². The highest BCUT2D eigenvalue weighted by Gasteiger charge is 2.46. The van der Waals surface area contributed by atoms with Crippen molar-refractivity contribution in [1.29, 1.82) is 0 Å². The van der Waals surface area contributed by atoms with Crippen LogP contribution in [0.15, 0.2) is 76.6 Å². The van der Waals surface area contributed by atoms with Crippen LogP contribution in [0.5, 0.6) is 0 Å². The fourth-order valence-corrected chi connectivity index (χ4v) is 7.31. The number of carbonyl (C=O) groups is 1. The molecule has 2 aliphatic carbocycles. The Balaban J connectivity index is 0.00000188. The Bertz CT molecular complexity index is 1560. The first-order chi connectivity index (χ1) is 21.1. The Morgan fingerprint density at radius 2 is 1.82 bits per heavy atom. The lowest BCUT2D eigenvalue weighted by Gasteiger charge is -2.38. The molecule has 0 saturated heterocycles. The highest BCUT2D eigenvalue weighted by Crippen LogP contribution is 2.49. The number of nitrogens with zero attached hydrogens (tertiary/aromatic N) is 3. The predicted octanol–water partition coefficient (Wildman–Crippen LogP) is 6.90. The highest BCUT2D eigenvalue weighted by atomic mass is 32.2. The second-order valence-electron chi connectivity index (χ2n) is 12.2. The number of nitrogens with one attached hydrogen (secondary N) is 1. The largest absolute Gasteiger partial charge is 0.360 e. The van der Waals surface area contributed by atoms with E-state index in [1.54, 1.807) is 24.3 Å². The number of hydrogen-bond acceptors (Lipinski definition) is 4. The van der Waals surface area contributed by atoms with Gasteiger partial charge in [0.25, 0.3) is 0 Å². The van der Waals surface area contributed by atoms with Gasteiger partial charge in [0.05, 0.1) is 18.0 Å². The van der Waals surface area contributed by atoms with E-state index in [9.17, 15) is 17.8 Å². The molecule has 234 valence electrons. The average Bonchev–Trinajstić information content (AvgIpc) is 3.72. The van der Waals surface area contributed by atoms with Crippen LogP contribution in [-0.4, -0.2) is 47.5 Å². The summed E-state index contributed by atoms with van der Waals surface area (Å²) in [5.41, 5.74) is 3.79. The second-order valence-corrected chi connectivity index (χ2v) is 13.5. The van der Waals surface area contributed by atoms with Crippen molar-refractivity contribution in [2.75, 3.05) is 31.6 Å². The molecule has 9 heteroatoms. The number of rotatable bonds is 8. The molecule has 1 amide bonds. The van der Waals surface area contributed by atoms with E-state index in [2.05, 4.69) is 40.6 Å². The molecule has 6 rings (SSSR count). The summed E-state index contributed by atoms with van der Waals surface area (Å²) in [6.07, 6.45) is 2.37. The van der Waals surface area contributed by atoms with Crippen molar-refractivity contribution in [1.82, 2.24) is 9.62 Å². The number of halogens is 2. The van der Waals surface area contributed by atoms with E-state index in [0.29, 0.717) is 18.0 Å². The zero-order chi connectivity index (χ0) is 31.6. The molecule has 44 heavy (non-hydrogen) atoms. The maximum Gasteiger partial charge on any atom is 0.231 e. The van der Waals surface area contributed by atoms with Gasteiger partial charge in [-0.15, -0.1) is 0 Å². The Morgan fingerprint density at radius 1 is 1.07 bits per heavy atom. The van der Waals surface area contributed by atoms with E-state index in [-0.39, 0.29) is 35.0 Å². The van der Waals surface area contributed by atoms with Crippen molar-refractivity contribution in [3.63, 3.8) is 0 Å². The van der Waals surface area contributed by atoms with E-state index < -0.39 is 16.8 Å². The van der Waals surface area contributed by atoms with E-state index >= 15 is 0 Å². The van der Waals surface area contributed by atoms with Gasteiger partial charge in [0.2, 0.25) is 5.91 Å². The minimum absolute atomic E-state index is 0.0233. The minimum atomic E-state index is -1.61. The molecule has 3 aromatic carbocycles. The number of carbonyl (C=O) groups excluding carboxylic acids is 1. The van der Waals surface area contributed by atoms with E-state index in [0.717, 1.165) is 54.0 Å². The van der Waals surface area contributed by atoms with E-state index in [1.807, 2.05) is 31.9 Å². The van der Waals surface area contributed by atoms with Crippen molar-refractivity contribution in [2.24, 2.45) is 10.9 Å². The lowest BCUT2D eigenvalue weighted by Crippen LogP contribution is -2.41. The number of amidine groups is 1. The first-order valence-corrected chi connectivity index (χ1v) is 16.6. The number of anilines is 1. The van der Waals surface area contributed by atoms with Gasteiger partial charge in [-0.1, -0.05) is 52.0 Å². The zero-order valence-electron chi connectivity index (χ0n) is 26.1. The molecular weight excluding hydrogens is 578 g/mol. The van der Waals surface area contributed by atoms with Crippen molar-refractivity contribution >= 4 is 28.4 Å². The van der Waals surface area contributed by atoms with Gasteiger partial charge >= 0.3 is 0 Å². The first-order valence-electron chi connectivity index (χ1n) is 15.5. The maximum absolute atomic E-state index is 14.1. The molecule has 6 nitrogen and oxygen atoms in total. The second kappa shape index (κ2) is 13.3. The van der Waals surface area contributed by atoms with Crippen molar-refractivity contribution in [2.45, 2.75) is 69.2 Å². The molecule has 4 atom stereocenters. The summed E-state index contributed by atoms with van der Waals surface area (Å²) in [6, 6.07) is 18.2. The van der Waals surface area contributed by atoms with Crippen LogP contribution in [0.3, 0.4) is 0 Å². The Kier molecular flexibility index (Phi) is 9.65. The quantitative estimate of drug-likeness (QED) is 0.298. The Labute approximate surface area is 262 Å². The summed E-state index contributed by atoms with van der Waals surface area (Å²) in [7, 11) is 0.384. The van der Waals surface area contributed by atoms with Gasteiger partial charge in [-0.2, -0.15) is 0 Å². The van der Waals surface area contributed by atoms with Crippen LogP contribution in [0.1, 0.15) is 75.6 Å². The highest BCUT2D eigenvalue weighted by molar-refractivity contribution is 7.83. The number of fused-ring (bicyclic) bond motifs is 1. The summed E-state index contributed by atoms with van der Waals surface area (Å²) >= 11 is 0. The number of hydrogen-bond donors (Lipinski definition) is 1. The predicted molar refractivity (Wildman–Crippen MR) is 173 cm³/mol. The molecule has 4 unspecified atom stereocenters. The van der Waals surface area contributed by atoms with Gasteiger partial charge in [0, 0.05) is 31.2 Å². The molecule has 1 heterocycles. The fraction of sp³-hybridized carbons (Fsp3) is 0.429. The van der Waals surface area contributed by atoms with Crippen LogP contribution >= 0.6 is 0 Å². The van der Waals surface area contributed by atoms with Gasteiger partial charge < -0.3 is 9.80 Å². The smallest absolute Gasteiger partial charge is 0.231 e. The van der Waals surface area contributed by atoms with E-state index in [1.165, 1.54) is 24.3 Å². The SMILES string of the molecule is CC.CN1CCN=C1CN(C(=O)C1CC1c1ccc(F)cc1)c1ccc2c(c1)C(NS(=O)c1cccc(F)c1)CCC2(C)C. The van der Waals surface area contributed by atoms with Crippen LogP contribution in [0.2, 0.25) is 0 Å².